The van der Waals surface area contributed by atoms with Crippen LogP contribution in [0.2, 0.25) is 0 Å². The summed E-state index contributed by atoms with van der Waals surface area (Å²) in [5.74, 6) is 1.47. The lowest BCUT2D eigenvalue weighted by molar-refractivity contribution is 0.357. The summed E-state index contributed by atoms with van der Waals surface area (Å²) < 4.78 is 1.97. The van der Waals surface area contributed by atoms with Crippen LogP contribution >= 0.6 is 0 Å². The van der Waals surface area contributed by atoms with Crippen molar-refractivity contribution in [2.75, 3.05) is 5.73 Å². The van der Waals surface area contributed by atoms with Gasteiger partial charge in [0.2, 0.25) is 0 Å². The van der Waals surface area contributed by atoms with Crippen molar-refractivity contribution in [1.29, 1.82) is 0 Å². The molecule has 0 amide bonds. The van der Waals surface area contributed by atoms with Crippen LogP contribution in [0.1, 0.15) is 64.5 Å². The van der Waals surface area contributed by atoms with Gasteiger partial charge in [-0.05, 0) is 58.3 Å². The van der Waals surface area contributed by atoms with Gasteiger partial charge in [-0.3, -0.25) is 0 Å². The van der Waals surface area contributed by atoms with E-state index in [-0.39, 0.29) is 5.54 Å². The number of nitrogens with zero attached hydrogens (tertiary/aromatic N) is 2. The molecule has 2 N–H and O–H groups in total. The normalized spacial score (nSPS) is 26.6. The molecular weight excluding hydrogens is 210 g/mol. The maximum absolute atomic E-state index is 6.08. The van der Waals surface area contributed by atoms with E-state index in [0.717, 1.165) is 5.82 Å². The monoisotopic (exact) mass is 233 g/mol. The van der Waals surface area contributed by atoms with Crippen molar-refractivity contribution < 1.29 is 0 Å². The molecule has 3 rings (SSSR count). The van der Waals surface area contributed by atoms with Crippen molar-refractivity contribution in [3.05, 3.63) is 11.8 Å². The lowest BCUT2D eigenvalue weighted by Gasteiger charge is -2.20. The molecule has 0 unspecified atom stereocenters. The van der Waals surface area contributed by atoms with Gasteiger partial charge < -0.3 is 5.73 Å². The standard InChI is InChI=1S/C14H23N3/c1-13(2,3)17-12(15)8-11(16-17)10-4-5-14(9-10)6-7-14/h8,10H,4-7,9,15H2,1-3H3/t10-/m0/s1. The van der Waals surface area contributed by atoms with Crippen molar-refractivity contribution in [3.63, 3.8) is 0 Å². The first-order valence-corrected chi connectivity index (χ1v) is 6.76. The van der Waals surface area contributed by atoms with E-state index in [0.29, 0.717) is 11.3 Å². The third-order valence-electron chi connectivity index (χ3n) is 4.47. The SMILES string of the molecule is CC(C)(C)n1nc([C@H]2CCC3(CC3)C2)cc1N. The molecule has 1 atom stereocenters. The van der Waals surface area contributed by atoms with Crippen LogP contribution in [-0.2, 0) is 5.54 Å². The van der Waals surface area contributed by atoms with Crippen molar-refractivity contribution in [1.82, 2.24) is 9.78 Å². The molecule has 1 aromatic rings. The maximum Gasteiger partial charge on any atom is 0.122 e. The molecule has 0 radical (unpaired) electrons. The molecule has 17 heavy (non-hydrogen) atoms. The highest BCUT2D eigenvalue weighted by molar-refractivity contribution is 5.34. The highest BCUT2D eigenvalue weighted by Gasteiger charge is 2.48. The fourth-order valence-electron chi connectivity index (χ4n) is 3.24. The Kier molecular flexibility index (Phi) is 2.14. The van der Waals surface area contributed by atoms with E-state index in [4.69, 9.17) is 10.8 Å². The molecule has 0 saturated heterocycles. The molecule has 0 bridgehead atoms. The highest BCUT2D eigenvalue weighted by Crippen LogP contribution is 2.61. The number of nitrogens with two attached hydrogens (primary N) is 1. The van der Waals surface area contributed by atoms with Gasteiger partial charge in [0.1, 0.15) is 5.82 Å². The Bertz CT molecular complexity index is 435. The molecule has 3 nitrogen and oxygen atoms in total. The van der Waals surface area contributed by atoms with Gasteiger partial charge in [-0.25, -0.2) is 4.68 Å². The van der Waals surface area contributed by atoms with Crippen LogP contribution in [0.3, 0.4) is 0 Å². The van der Waals surface area contributed by atoms with E-state index in [1.54, 1.807) is 0 Å². The zero-order chi connectivity index (χ0) is 12.3. The zero-order valence-electron chi connectivity index (χ0n) is 11.2. The summed E-state index contributed by atoms with van der Waals surface area (Å²) in [6.07, 6.45) is 6.94. The third kappa shape index (κ3) is 1.85. The first-order valence-electron chi connectivity index (χ1n) is 6.76. The molecule has 1 spiro atoms. The average molecular weight is 233 g/mol. The van der Waals surface area contributed by atoms with E-state index in [1.807, 2.05) is 4.68 Å². The van der Waals surface area contributed by atoms with E-state index in [1.165, 1.54) is 37.8 Å². The number of aromatic nitrogens is 2. The van der Waals surface area contributed by atoms with E-state index < -0.39 is 0 Å². The minimum Gasteiger partial charge on any atom is -0.384 e. The summed E-state index contributed by atoms with van der Waals surface area (Å²) >= 11 is 0. The van der Waals surface area contributed by atoms with Gasteiger partial charge in [0.05, 0.1) is 11.2 Å². The Hall–Kier alpha value is -0.990. The number of rotatable bonds is 1. The molecule has 3 heteroatoms. The van der Waals surface area contributed by atoms with Gasteiger partial charge in [-0.1, -0.05) is 0 Å². The summed E-state index contributed by atoms with van der Waals surface area (Å²) in [6, 6.07) is 2.09. The fourth-order valence-corrected chi connectivity index (χ4v) is 3.24. The molecule has 1 heterocycles. The smallest absolute Gasteiger partial charge is 0.122 e. The number of anilines is 1. The molecule has 0 aromatic carbocycles. The number of nitrogen functional groups attached to an aromatic ring is 1. The molecule has 2 saturated carbocycles. The summed E-state index contributed by atoms with van der Waals surface area (Å²) in [5.41, 5.74) is 8.00. The van der Waals surface area contributed by atoms with Crippen molar-refractivity contribution >= 4 is 5.82 Å². The Morgan fingerprint density at radius 2 is 2.06 bits per heavy atom. The Morgan fingerprint density at radius 3 is 2.53 bits per heavy atom. The minimum atomic E-state index is -0.0157. The molecule has 0 aliphatic heterocycles. The summed E-state index contributed by atoms with van der Waals surface area (Å²) in [4.78, 5) is 0. The van der Waals surface area contributed by atoms with Gasteiger partial charge in [0.15, 0.2) is 0 Å². The second-order valence-electron chi connectivity index (χ2n) is 7.02. The van der Waals surface area contributed by atoms with Crippen LogP contribution < -0.4 is 5.73 Å². The lowest BCUT2D eigenvalue weighted by Crippen LogP contribution is -2.24. The van der Waals surface area contributed by atoms with Crippen LogP contribution in [0.4, 0.5) is 5.82 Å². The van der Waals surface area contributed by atoms with Crippen LogP contribution in [0.5, 0.6) is 0 Å². The van der Waals surface area contributed by atoms with Crippen LogP contribution in [0, 0.1) is 5.41 Å². The second kappa shape index (κ2) is 3.27. The summed E-state index contributed by atoms with van der Waals surface area (Å²) in [7, 11) is 0. The molecule has 2 aliphatic carbocycles. The number of hydrogen-bond acceptors (Lipinski definition) is 2. The molecule has 2 fully saturated rings. The molecule has 1 aromatic heterocycles. The van der Waals surface area contributed by atoms with Crippen molar-refractivity contribution in [2.24, 2.45) is 5.41 Å². The van der Waals surface area contributed by atoms with Crippen LogP contribution in [0.15, 0.2) is 6.07 Å². The van der Waals surface area contributed by atoms with Crippen LogP contribution in [0.25, 0.3) is 0 Å². The quantitative estimate of drug-likeness (QED) is 0.809. The number of hydrogen-bond donors (Lipinski definition) is 1. The Morgan fingerprint density at radius 1 is 1.35 bits per heavy atom. The first-order chi connectivity index (χ1) is 7.90. The maximum atomic E-state index is 6.08. The largest absolute Gasteiger partial charge is 0.384 e. The fraction of sp³-hybridized carbons (Fsp3) is 0.786. The van der Waals surface area contributed by atoms with Gasteiger partial charge in [0.25, 0.3) is 0 Å². The molecular formula is C14H23N3. The lowest BCUT2D eigenvalue weighted by atomic mass is 10.0. The molecule has 2 aliphatic rings. The Labute approximate surface area is 103 Å². The van der Waals surface area contributed by atoms with Crippen LogP contribution in [-0.4, -0.2) is 9.78 Å². The van der Waals surface area contributed by atoms with Gasteiger partial charge in [-0.15, -0.1) is 0 Å². The van der Waals surface area contributed by atoms with Gasteiger partial charge in [-0.2, -0.15) is 5.10 Å². The van der Waals surface area contributed by atoms with Crippen molar-refractivity contribution in [3.8, 4) is 0 Å². The van der Waals surface area contributed by atoms with E-state index >= 15 is 0 Å². The Balaban J connectivity index is 1.85. The predicted octanol–water partition coefficient (Wildman–Crippen LogP) is 3.27. The average Bonchev–Trinajstić information content (AvgIpc) is 2.66. The summed E-state index contributed by atoms with van der Waals surface area (Å²) in [6.45, 7) is 6.45. The minimum absolute atomic E-state index is 0.0157. The van der Waals surface area contributed by atoms with Gasteiger partial charge >= 0.3 is 0 Å². The zero-order valence-corrected chi connectivity index (χ0v) is 11.2. The van der Waals surface area contributed by atoms with Crippen molar-refractivity contribution in [2.45, 2.75) is 64.3 Å². The van der Waals surface area contributed by atoms with E-state index in [9.17, 15) is 0 Å². The second-order valence-corrected chi connectivity index (χ2v) is 7.02. The highest BCUT2D eigenvalue weighted by atomic mass is 15.3. The topological polar surface area (TPSA) is 43.8 Å². The van der Waals surface area contributed by atoms with Gasteiger partial charge in [0, 0.05) is 12.0 Å². The first kappa shape index (κ1) is 11.1. The predicted molar refractivity (Wildman–Crippen MR) is 69.9 cm³/mol. The third-order valence-corrected chi connectivity index (χ3v) is 4.47. The van der Waals surface area contributed by atoms with E-state index in [2.05, 4.69) is 26.8 Å². The summed E-state index contributed by atoms with van der Waals surface area (Å²) in [5, 5.41) is 4.75. The molecule has 94 valence electrons.